The Morgan fingerprint density at radius 1 is 1.58 bits per heavy atom. The van der Waals surface area contributed by atoms with E-state index in [1.165, 1.54) is 0 Å². The van der Waals surface area contributed by atoms with Gasteiger partial charge in [-0.1, -0.05) is 24.8 Å². The summed E-state index contributed by atoms with van der Waals surface area (Å²) in [6.07, 6.45) is 7.53. The molecule has 1 heterocycles. The van der Waals surface area contributed by atoms with Gasteiger partial charge in [-0.15, -0.1) is 5.73 Å². The second-order valence-electron chi connectivity index (χ2n) is 2.33. The fourth-order valence-corrected chi connectivity index (χ4v) is 0.968. The van der Waals surface area contributed by atoms with Crippen molar-refractivity contribution in [3.05, 3.63) is 48.0 Å². The molecule has 0 bridgehead atoms. The molecule has 0 aromatic carbocycles. The zero-order valence-electron chi connectivity index (χ0n) is 7.12. The second kappa shape index (κ2) is 4.32. The van der Waals surface area contributed by atoms with E-state index in [0.29, 0.717) is 0 Å². The van der Waals surface area contributed by atoms with Crippen molar-refractivity contribution in [3.63, 3.8) is 0 Å². The maximum atomic E-state index is 4.18. The molecule has 0 aliphatic heterocycles. The molecule has 60 valence electrons. The normalized spacial score (nSPS) is 9.75. The Bertz CT molecular complexity index is 331. The SMILES string of the molecule is C=C=Cc1ncccc1C=CC. The lowest BCUT2D eigenvalue weighted by Crippen LogP contribution is -1.83. The summed E-state index contributed by atoms with van der Waals surface area (Å²) >= 11 is 0. The van der Waals surface area contributed by atoms with E-state index in [2.05, 4.69) is 17.3 Å². The third kappa shape index (κ3) is 1.94. The largest absolute Gasteiger partial charge is 0.256 e. The van der Waals surface area contributed by atoms with E-state index in [4.69, 9.17) is 0 Å². The highest BCUT2D eigenvalue weighted by Crippen LogP contribution is 2.08. The predicted octanol–water partition coefficient (Wildman–Crippen LogP) is 2.91. The fourth-order valence-electron chi connectivity index (χ4n) is 0.968. The van der Waals surface area contributed by atoms with Gasteiger partial charge in [-0.2, -0.15) is 0 Å². The summed E-state index contributed by atoms with van der Waals surface area (Å²) < 4.78 is 0. The first kappa shape index (κ1) is 8.51. The van der Waals surface area contributed by atoms with Crippen molar-refractivity contribution in [2.24, 2.45) is 0 Å². The predicted molar refractivity (Wildman–Crippen MR) is 52.5 cm³/mol. The highest BCUT2D eigenvalue weighted by molar-refractivity contribution is 5.61. The number of allylic oxidation sites excluding steroid dienone is 1. The molecule has 1 aromatic rings. The Morgan fingerprint density at radius 2 is 2.42 bits per heavy atom. The summed E-state index contributed by atoms with van der Waals surface area (Å²) in [6, 6.07) is 3.92. The van der Waals surface area contributed by atoms with E-state index >= 15 is 0 Å². The van der Waals surface area contributed by atoms with Crippen molar-refractivity contribution in [2.75, 3.05) is 0 Å². The number of nitrogens with zero attached hydrogens (tertiary/aromatic N) is 1. The average Bonchev–Trinajstić information content (AvgIpc) is 2.09. The molecule has 0 spiro atoms. The molecule has 0 amide bonds. The number of hydrogen-bond donors (Lipinski definition) is 0. The van der Waals surface area contributed by atoms with Gasteiger partial charge in [-0.05, 0) is 13.0 Å². The molecule has 0 saturated carbocycles. The highest BCUT2D eigenvalue weighted by atomic mass is 14.7. The van der Waals surface area contributed by atoms with Gasteiger partial charge >= 0.3 is 0 Å². The molecular formula is C11H11N. The van der Waals surface area contributed by atoms with Crippen LogP contribution in [-0.4, -0.2) is 4.98 Å². The van der Waals surface area contributed by atoms with Crippen LogP contribution in [0.3, 0.4) is 0 Å². The van der Waals surface area contributed by atoms with Crippen LogP contribution in [0.4, 0.5) is 0 Å². The first-order chi connectivity index (χ1) is 5.88. The molecule has 1 nitrogen and oxygen atoms in total. The topological polar surface area (TPSA) is 12.9 Å². The average molecular weight is 157 g/mol. The summed E-state index contributed by atoms with van der Waals surface area (Å²) in [4.78, 5) is 4.18. The molecule has 0 atom stereocenters. The molecule has 1 rings (SSSR count). The second-order valence-corrected chi connectivity index (χ2v) is 2.33. The first-order valence-corrected chi connectivity index (χ1v) is 3.82. The van der Waals surface area contributed by atoms with Crippen LogP contribution in [-0.2, 0) is 0 Å². The van der Waals surface area contributed by atoms with Gasteiger partial charge in [0.2, 0.25) is 0 Å². The Balaban J connectivity index is 3.16. The van der Waals surface area contributed by atoms with Crippen LogP contribution in [0.15, 0.2) is 36.7 Å². The van der Waals surface area contributed by atoms with Gasteiger partial charge in [-0.3, -0.25) is 4.98 Å². The van der Waals surface area contributed by atoms with Gasteiger partial charge in [-0.25, -0.2) is 0 Å². The zero-order chi connectivity index (χ0) is 8.81. The number of aromatic nitrogens is 1. The Kier molecular flexibility index (Phi) is 3.06. The van der Waals surface area contributed by atoms with Crippen LogP contribution < -0.4 is 0 Å². The van der Waals surface area contributed by atoms with E-state index in [9.17, 15) is 0 Å². The third-order valence-corrected chi connectivity index (χ3v) is 1.46. The minimum absolute atomic E-state index is 0.908. The molecule has 0 radical (unpaired) electrons. The maximum absolute atomic E-state index is 4.18. The molecule has 0 N–H and O–H groups in total. The Morgan fingerprint density at radius 3 is 3.08 bits per heavy atom. The molecule has 12 heavy (non-hydrogen) atoms. The van der Waals surface area contributed by atoms with E-state index < -0.39 is 0 Å². The standard InChI is InChI=1S/C11H11N/c1-3-6-10-8-5-9-12-11(10)7-4-2/h3,5-9H,2H2,1H3. The van der Waals surface area contributed by atoms with Gasteiger partial charge in [0.05, 0.1) is 5.69 Å². The van der Waals surface area contributed by atoms with Crippen LogP contribution in [0.5, 0.6) is 0 Å². The van der Waals surface area contributed by atoms with Crippen LogP contribution in [0.2, 0.25) is 0 Å². The van der Waals surface area contributed by atoms with Crippen molar-refractivity contribution >= 4 is 12.2 Å². The molecule has 1 aromatic heterocycles. The van der Waals surface area contributed by atoms with Crippen molar-refractivity contribution in [1.82, 2.24) is 4.98 Å². The summed E-state index contributed by atoms with van der Waals surface area (Å²) in [7, 11) is 0. The zero-order valence-corrected chi connectivity index (χ0v) is 7.12. The van der Waals surface area contributed by atoms with E-state index in [-0.39, 0.29) is 0 Å². The molecule has 0 unspecified atom stereocenters. The van der Waals surface area contributed by atoms with Crippen molar-refractivity contribution in [1.29, 1.82) is 0 Å². The molecule has 0 fully saturated rings. The number of hydrogen-bond acceptors (Lipinski definition) is 1. The lowest BCUT2D eigenvalue weighted by molar-refractivity contribution is 1.28. The quantitative estimate of drug-likeness (QED) is 0.601. The van der Waals surface area contributed by atoms with E-state index in [1.807, 2.05) is 31.2 Å². The van der Waals surface area contributed by atoms with E-state index in [1.54, 1.807) is 12.3 Å². The Labute approximate surface area is 72.8 Å². The van der Waals surface area contributed by atoms with Crippen molar-refractivity contribution < 1.29 is 0 Å². The lowest BCUT2D eigenvalue weighted by atomic mass is 10.2. The molecular weight excluding hydrogens is 146 g/mol. The molecule has 1 heteroatoms. The number of pyridine rings is 1. The summed E-state index contributed by atoms with van der Waals surface area (Å²) in [5.41, 5.74) is 4.71. The monoisotopic (exact) mass is 157 g/mol. The summed E-state index contributed by atoms with van der Waals surface area (Å²) in [5, 5.41) is 0. The van der Waals surface area contributed by atoms with Crippen LogP contribution in [0.1, 0.15) is 18.2 Å². The minimum Gasteiger partial charge on any atom is -0.256 e. The smallest absolute Gasteiger partial charge is 0.0778 e. The minimum atomic E-state index is 0.908. The van der Waals surface area contributed by atoms with Gasteiger partial charge in [0.15, 0.2) is 0 Å². The van der Waals surface area contributed by atoms with Gasteiger partial charge in [0.25, 0.3) is 0 Å². The molecule has 0 aliphatic carbocycles. The van der Waals surface area contributed by atoms with Crippen LogP contribution in [0, 0.1) is 0 Å². The first-order valence-electron chi connectivity index (χ1n) is 3.82. The van der Waals surface area contributed by atoms with Crippen molar-refractivity contribution in [3.8, 4) is 0 Å². The Hall–Kier alpha value is -1.59. The van der Waals surface area contributed by atoms with Gasteiger partial charge in [0, 0.05) is 17.8 Å². The molecule has 0 aliphatic rings. The summed E-state index contributed by atoms with van der Waals surface area (Å²) in [5.74, 6) is 0. The van der Waals surface area contributed by atoms with Crippen LogP contribution >= 0.6 is 0 Å². The highest BCUT2D eigenvalue weighted by Gasteiger charge is 1.93. The number of rotatable bonds is 2. The molecule has 0 saturated heterocycles. The maximum Gasteiger partial charge on any atom is 0.0778 e. The third-order valence-electron chi connectivity index (χ3n) is 1.46. The summed E-state index contributed by atoms with van der Waals surface area (Å²) in [6.45, 7) is 5.49. The lowest BCUT2D eigenvalue weighted by Gasteiger charge is -1.96. The van der Waals surface area contributed by atoms with Gasteiger partial charge < -0.3 is 0 Å². The van der Waals surface area contributed by atoms with Gasteiger partial charge in [0.1, 0.15) is 0 Å². The van der Waals surface area contributed by atoms with Crippen molar-refractivity contribution in [2.45, 2.75) is 6.92 Å². The van der Waals surface area contributed by atoms with Crippen LogP contribution in [0.25, 0.3) is 12.2 Å². The fraction of sp³-hybridized carbons (Fsp3) is 0.0909. The van der Waals surface area contributed by atoms with E-state index in [0.717, 1.165) is 11.3 Å².